The molecule has 3 N–H and O–H groups in total. The molecule has 2 aromatic carbocycles. The van der Waals surface area contributed by atoms with Gasteiger partial charge < -0.3 is 15.7 Å². The minimum Gasteiger partial charge on any atom is -0.481 e. The molecule has 1 fully saturated rings. The zero-order chi connectivity index (χ0) is 21.6. The number of hydrogen-bond donors (Lipinski definition) is 3. The Balaban J connectivity index is 1.51. The van der Waals surface area contributed by atoms with E-state index in [0.29, 0.717) is 22.6 Å². The first-order valence-corrected chi connectivity index (χ1v) is 10.3. The number of anilines is 2. The lowest BCUT2D eigenvalue weighted by atomic mass is 10.1. The van der Waals surface area contributed by atoms with Gasteiger partial charge in [0.1, 0.15) is 0 Å². The molecule has 7 nitrogen and oxygen atoms in total. The Bertz CT molecular complexity index is 1180. The number of amides is 2. The molecule has 30 heavy (non-hydrogen) atoms. The first-order valence-electron chi connectivity index (χ1n) is 9.51. The average molecular weight is 423 g/mol. The van der Waals surface area contributed by atoms with Gasteiger partial charge in [0.2, 0.25) is 5.91 Å². The van der Waals surface area contributed by atoms with Crippen LogP contribution in [0.25, 0.3) is 10.2 Å². The molecule has 0 aliphatic heterocycles. The number of rotatable bonds is 5. The van der Waals surface area contributed by atoms with Crippen molar-refractivity contribution < 1.29 is 19.5 Å². The summed E-state index contributed by atoms with van der Waals surface area (Å²) in [7, 11) is 0. The van der Waals surface area contributed by atoms with E-state index in [1.807, 2.05) is 32.0 Å². The molecule has 1 heterocycles. The van der Waals surface area contributed by atoms with Crippen LogP contribution in [0.2, 0.25) is 0 Å². The molecule has 0 spiro atoms. The third-order valence-electron chi connectivity index (χ3n) is 5.64. The van der Waals surface area contributed by atoms with Crippen molar-refractivity contribution in [3.05, 3.63) is 53.1 Å². The molecule has 0 radical (unpaired) electrons. The maximum absolute atomic E-state index is 12.7. The Morgan fingerprint density at radius 1 is 1.13 bits per heavy atom. The van der Waals surface area contributed by atoms with Gasteiger partial charge in [0.15, 0.2) is 5.13 Å². The zero-order valence-electron chi connectivity index (χ0n) is 16.8. The molecule has 0 saturated heterocycles. The first-order chi connectivity index (χ1) is 14.2. The van der Waals surface area contributed by atoms with Crippen LogP contribution in [0.4, 0.5) is 10.8 Å². The first kappa shape index (κ1) is 20.0. The van der Waals surface area contributed by atoms with Gasteiger partial charge in [-0.3, -0.25) is 14.4 Å². The lowest BCUT2D eigenvalue weighted by Crippen LogP contribution is -2.22. The number of thiazole rings is 1. The highest BCUT2D eigenvalue weighted by Crippen LogP contribution is 2.52. The Kier molecular flexibility index (Phi) is 4.82. The molecule has 1 saturated carbocycles. The standard InChI is InChI=1S/C22H21N3O4S/c1-11-5-4-6-12(2)17(11)24-18(26)13-7-8-15-16(9-13)30-21(23-15)25-19(27)14-10-22(14,3)20(28)29/h4-9,14H,10H2,1-3H3,(H,24,26)(H,28,29)(H,23,25,27). The molecular formula is C22H21N3O4S. The minimum absolute atomic E-state index is 0.219. The van der Waals surface area contributed by atoms with E-state index >= 15 is 0 Å². The van der Waals surface area contributed by atoms with Crippen LogP contribution in [0.5, 0.6) is 0 Å². The molecular weight excluding hydrogens is 402 g/mol. The summed E-state index contributed by atoms with van der Waals surface area (Å²) in [5, 5.41) is 15.3. The molecule has 2 amide bonds. The fraction of sp³-hybridized carbons (Fsp3) is 0.273. The molecule has 3 aromatic rings. The topological polar surface area (TPSA) is 108 Å². The summed E-state index contributed by atoms with van der Waals surface area (Å²) in [6.45, 7) is 5.46. The second-order valence-corrected chi connectivity index (χ2v) is 8.92. The van der Waals surface area contributed by atoms with Gasteiger partial charge >= 0.3 is 5.97 Å². The second kappa shape index (κ2) is 7.21. The number of fused-ring (bicyclic) bond motifs is 1. The number of aliphatic carboxylic acids is 1. The predicted molar refractivity (Wildman–Crippen MR) is 116 cm³/mol. The zero-order valence-corrected chi connectivity index (χ0v) is 17.6. The number of carbonyl (C=O) groups is 3. The van der Waals surface area contributed by atoms with E-state index in [9.17, 15) is 19.5 Å². The second-order valence-electron chi connectivity index (χ2n) is 7.89. The number of aryl methyl sites for hydroxylation is 2. The van der Waals surface area contributed by atoms with Crippen molar-refractivity contribution in [3.63, 3.8) is 0 Å². The van der Waals surface area contributed by atoms with E-state index in [0.717, 1.165) is 21.5 Å². The molecule has 8 heteroatoms. The molecule has 1 aliphatic carbocycles. The summed E-state index contributed by atoms with van der Waals surface area (Å²) >= 11 is 1.25. The van der Waals surface area contributed by atoms with Crippen LogP contribution in [-0.4, -0.2) is 27.9 Å². The highest BCUT2D eigenvalue weighted by atomic mass is 32.1. The summed E-state index contributed by atoms with van der Waals surface area (Å²) in [6, 6.07) is 11.0. The van der Waals surface area contributed by atoms with E-state index in [4.69, 9.17) is 0 Å². The predicted octanol–water partition coefficient (Wildman–Crippen LogP) is 4.21. The largest absolute Gasteiger partial charge is 0.481 e. The number of carbonyl (C=O) groups excluding carboxylic acids is 2. The van der Waals surface area contributed by atoms with Gasteiger partial charge in [0.05, 0.1) is 21.5 Å². The summed E-state index contributed by atoms with van der Waals surface area (Å²) in [5.41, 5.74) is 2.93. The molecule has 4 rings (SSSR count). The lowest BCUT2D eigenvalue weighted by Gasteiger charge is -2.11. The van der Waals surface area contributed by atoms with E-state index in [2.05, 4.69) is 15.6 Å². The molecule has 0 bridgehead atoms. The quantitative estimate of drug-likeness (QED) is 0.569. The summed E-state index contributed by atoms with van der Waals surface area (Å²) in [6.07, 6.45) is 0.321. The van der Waals surface area contributed by atoms with Crippen LogP contribution in [0.3, 0.4) is 0 Å². The minimum atomic E-state index is -1.00. The van der Waals surface area contributed by atoms with Gasteiger partial charge in [-0.15, -0.1) is 0 Å². The lowest BCUT2D eigenvalue weighted by molar-refractivity contribution is -0.144. The fourth-order valence-corrected chi connectivity index (χ4v) is 4.40. The van der Waals surface area contributed by atoms with Gasteiger partial charge in [0, 0.05) is 11.3 Å². The van der Waals surface area contributed by atoms with Gasteiger partial charge in [0.25, 0.3) is 5.91 Å². The van der Waals surface area contributed by atoms with Crippen LogP contribution >= 0.6 is 11.3 Å². The molecule has 1 aliphatic rings. The van der Waals surface area contributed by atoms with Crippen molar-refractivity contribution in [2.75, 3.05) is 10.6 Å². The van der Waals surface area contributed by atoms with Crippen molar-refractivity contribution >= 4 is 50.2 Å². The van der Waals surface area contributed by atoms with Gasteiger partial charge in [-0.25, -0.2) is 4.98 Å². The summed E-state index contributed by atoms with van der Waals surface area (Å²) in [4.78, 5) is 40.7. The van der Waals surface area contributed by atoms with Crippen LogP contribution in [0, 0.1) is 25.2 Å². The van der Waals surface area contributed by atoms with Crippen molar-refractivity contribution in [1.29, 1.82) is 0 Å². The number of aromatic nitrogens is 1. The number of carboxylic acid groups (broad SMARTS) is 1. The number of nitrogens with one attached hydrogen (secondary N) is 2. The van der Waals surface area contributed by atoms with Crippen LogP contribution < -0.4 is 10.6 Å². The Morgan fingerprint density at radius 2 is 1.83 bits per heavy atom. The van der Waals surface area contributed by atoms with Gasteiger partial charge in [-0.2, -0.15) is 0 Å². The third-order valence-corrected chi connectivity index (χ3v) is 6.58. The Hall–Kier alpha value is -3.26. The molecule has 1 aromatic heterocycles. The van der Waals surface area contributed by atoms with Crippen LogP contribution in [0.1, 0.15) is 34.8 Å². The highest BCUT2D eigenvalue weighted by molar-refractivity contribution is 7.22. The Labute approximate surface area is 177 Å². The maximum Gasteiger partial charge on any atom is 0.310 e. The fourth-order valence-electron chi connectivity index (χ4n) is 3.49. The number of hydrogen-bond acceptors (Lipinski definition) is 5. The van der Waals surface area contributed by atoms with Gasteiger partial charge in [-0.05, 0) is 56.5 Å². The molecule has 154 valence electrons. The van der Waals surface area contributed by atoms with Crippen molar-refractivity contribution in [3.8, 4) is 0 Å². The highest BCUT2D eigenvalue weighted by Gasteiger charge is 2.60. The molecule has 2 unspecified atom stereocenters. The number of benzene rings is 2. The summed E-state index contributed by atoms with van der Waals surface area (Å²) < 4.78 is 0.760. The van der Waals surface area contributed by atoms with E-state index in [-0.39, 0.29) is 11.8 Å². The van der Waals surface area contributed by atoms with E-state index < -0.39 is 17.3 Å². The molecule has 2 atom stereocenters. The number of nitrogens with zero attached hydrogens (tertiary/aromatic N) is 1. The normalized spacial score (nSPS) is 20.0. The number of para-hydroxylation sites is 1. The number of carboxylic acids is 1. The van der Waals surface area contributed by atoms with Gasteiger partial charge in [-0.1, -0.05) is 29.5 Å². The van der Waals surface area contributed by atoms with E-state index in [1.165, 1.54) is 11.3 Å². The average Bonchev–Trinajstić information content (AvgIpc) is 3.24. The van der Waals surface area contributed by atoms with Crippen LogP contribution in [-0.2, 0) is 9.59 Å². The van der Waals surface area contributed by atoms with Crippen molar-refractivity contribution in [2.24, 2.45) is 11.3 Å². The van der Waals surface area contributed by atoms with E-state index in [1.54, 1.807) is 25.1 Å². The van der Waals surface area contributed by atoms with Crippen molar-refractivity contribution in [2.45, 2.75) is 27.2 Å². The van der Waals surface area contributed by atoms with Crippen LogP contribution in [0.15, 0.2) is 36.4 Å². The maximum atomic E-state index is 12.7. The SMILES string of the molecule is Cc1cccc(C)c1NC(=O)c1ccc2nc(NC(=O)C3CC3(C)C(=O)O)sc2c1. The summed E-state index contributed by atoms with van der Waals surface area (Å²) in [5.74, 6) is -2.08. The smallest absolute Gasteiger partial charge is 0.310 e. The monoisotopic (exact) mass is 423 g/mol. The third kappa shape index (κ3) is 3.54. The van der Waals surface area contributed by atoms with Crippen molar-refractivity contribution in [1.82, 2.24) is 4.98 Å². The Morgan fingerprint density at radius 3 is 2.47 bits per heavy atom.